The first-order valence-corrected chi connectivity index (χ1v) is 8.00. The van der Waals surface area contributed by atoms with Gasteiger partial charge in [-0.15, -0.1) is 11.3 Å². The van der Waals surface area contributed by atoms with Crippen LogP contribution in [0, 0.1) is 0 Å². The van der Waals surface area contributed by atoms with Crippen molar-refractivity contribution in [3.63, 3.8) is 0 Å². The molecule has 0 aromatic carbocycles. The van der Waals surface area contributed by atoms with Crippen LogP contribution in [0.3, 0.4) is 0 Å². The van der Waals surface area contributed by atoms with Gasteiger partial charge in [0.2, 0.25) is 0 Å². The summed E-state index contributed by atoms with van der Waals surface area (Å²) in [4.78, 5) is 16.1. The molecule has 4 heterocycles. The van der Waals surface area contributed by atoms with E-state index in [2.05, 4.69) is 32.4 Å². The molecular weight excluding hydrogens is 280 g/mol. The second-order valence-corrected chi connectivity index (χ2v) is 6.25. The van der Waals surface area contributed by atoms with E-state index in [9.17, 15) is 0 Å². The lowest BCUT2D eigenvalue weighted by Gasteiger charge is -2.27. The molecule has 0 saturated heterocycles. The number of rotatable bonds is 3. The van der Waals surface area contributed by atoms with Crippen LogP contribution in [-0.2, 0) is 19.5 Å². The van der Waals surface area contributed by atoms with Crippen LogP contribution < -0.4 is 0 Å². The van der Waals surface area contributed by atoms with Crippen LogP contribution in [0.15, 0.2) is 42.0 Å². The van der Waals surface area contributed by atoms with Gasteiger partial charge in [0.15, 0.2) is 5.82 Å². The molecule has 1 N–H and O–H groups in total. The minimum Gasteiger partial charge on any atom is -0.364 e. The molecule has 0 aliphatic carbocycles. The van der Waals surface area contributed by atoms with Crippen LogP contribution >= 0.6 is 11.3 Å². The zero-order valence-electron chi connectivity index (χ0n) is 11.6. The minimum absolute atomic E-state index is 0.863. The van der Waals surface area contributed by atoms with Crippen molar-refractivity contribution in [1.82, 2.24) is 19.9 Å². The summed E-state index contributed by atoms with van der Waals surface area (Å²) in [5.74, 6) is 0.863. The highest BCUT2D eigenvalue weighted by Gasteiger charge is 2.19. The van der Waals surface area contributed by atoms with Gasteiger partial charge in [0.1, 0.15) is 0 Å². The summed E-state index contributed by atoms with van der Waals surface area (Å²) in [6.07, 6.45) is 4.97. The number of hydrogen-bond donors (Lipinski definition) is 1. The summed E-state index contributed by atoms with van der Waals surface area (Å²) in [5.41, 5.74) is 3.72. The van der Waals surface area contributed by atoms with E-state index in [1.54, 1.807) is 11.3 Å². The zero-order valence-corrected chi connectivity index (χ0v) is 12.4. The Balaban J connectivity index is 1.54. The van der Waals surface area contributed by atoms with Gasteiger partial charge in [0, 0.05) is 49.7 Å². The topological polar surface area (TPSA) is 44.8 Å². The normalized spacial score (nSPS) is 15.0. The highest BCUT2D eigenvalue weighted by molar-refractivity contribution is 7.13. The van der Waals surface area contributed by atoms with Crippen molar-refractivity contribution in [3.05, 3.63) is 59.0 Å². The smallest absolute Gasteiger partial charge is 0.169 e. The fourth-order valence-electron chi connectivity index (χ4n) is 2.74. The van der Waals surface area contributed by atoms with Gasteiger partial charge in [0.05, 0.1) is 10.6 Å². The second-order valence-electron chi connectivity index (χ2n) is 5.30. The third-order valence-electron chi connectivity index (χ3n) is 3.81. The standard InChI is InChI=1S/C16H16N4S/c1-3-13(17-6-1)11-20-7-5-14-12(10-20)9-18-16(19-14)15-4-2-8-21-15/h1-4,6,8-9,17H,5,7,10-11H2. The monoisotopic (exact) mass is 296 g/mol. The van der Waals surface area contributed by atoms with Gasteiger partial charge < -0.3 is 4.98 Å². The average Bonchev–Trinajstić information content (AvgIpc) is 3.20. The van der Waals surface area contributed by atoms with E-state index in [0.717, 1.165) is 36.8 Å². The van der Waals surface area contributed by atoms with Crippen LogP contribution in [-0.4, -0.2) is 26.4 Å². The number of H-pyrrole nitrogens is 1. The van der Waals surface area contributed by atoms with Crippen LogP contribution in [0.4, 0.5) is 0 Å². The Morgan fingerprint density at radius 3 is 3.10 bits per heavy atom. The first-order valence-electron chi connectivity index (χ1n) is 7.12. The van der Waals surface area contributed by atoms with Gasteiger partial charge >= 0.3 is 0 Å². The van der Waals surface area contributed by atoms with E-state index in [0.29, 0.717) is 0 Å². The Morgan fingerprint density at radius 1 is 1.29 bits per heavy atom. The summed E-state index contributed by atoms with van der Waals surface area (Å²) >= 11 is 1.69. The Labute approximate surface area is 127 Å². The van der Waals surface area contributed by atoms with E-state index >= 15 is 0 Å². The predicted molar refractivity (Wildman–Crippen MR) is 84.0 cm³/mol. The molecule has 0 spiro atoms. The lowest BCUT2D eigenvalue weighted by atomic mass is 10.1. The van der Waals surface area contributed by atoms with Gasteiger partial charge in [0.25, 0.3) is 0 Å². The maximum Gasteiger partial charge on any atom is 0.169 e. The van der Waals surface area contributed by atoms with Crippen LogP contribution in [0.1, 0.15) is 17.0 Å². The van der Waals surface area contributed by atoms with E-state index in [-0.39, 0.29) is 0 Å². The van der Waals surface area contributed by atoms with Crippen LogP contribution in [0.2, 0.25) is 0 Å². The third-order valence-corrected chi connectivity index (χ3v) is 4.68. The molecule has 0 bridgehead atoms. The molecule has 4 nitrogen and oxygen atoms in total. The van der Waals surface area contributed by atoms with Gasteiger partial charge in [-0.05, 0) is 23.6 Å². The maximum absolute atomic E-state index is 4.75. The van der Waals surface area contributed by atoms with Crippen LogP contribution in [0.25, 0.3) is 10.7 Å². The quantitative estimate of drug-likeness (QED) is 0.808. The molecule has 21 heavy (non-hydrogen) atoms. The number of thiophene rings is 1. The van der Waals surface area contributed by atoms with E-state index in [1.807, 2.05) is 24.5 Å². The number of aromatic amines is 1. The third kappa shape index (κ3) is 2.62. The Bertz CT molecular complexity index is 719. The van der Waals surface area contributed by atoms with Crippen molar-refractivity contribution in [1.29, 1.82) is 0 Å². The molecule has 1 aliphatic heterocycles. The van der Waals surface area contributed by atoms with Gasteiger partial charge in [-0.2, -0.15) is 0 Å². The van der Waals surface area contributed by atoms with Crippen molar-refractivity contribution in [2.45, 2.75) is 19.5 Å². The van der Waals surface area contributed by atoms with E-state index in [1.165, 1.54) is 17.0 Å². The Morgan fingerprint density at radius 2 is 2.29 bits per heavy atom. The Kier molecular flexibility index (Phi) is 3.29. The fraction of sp³-hybridized carbons (Fsp3) is 0.250. The molecular formula is C16H16N4S. The summed E-state index contributed by atoms with van der Waals surface area (Å²) in [5, 5.41) is 2.07. The van der Waals surface area contributed by atoms with E-state index in [4.69, 9.17) is 4.98 Å². The van der Waals surface area contributed by atoms with Gasteiger partial charge in [-0.25, -0.2) is 9.97 Å². The first kappa shape index (κ1) is 12.7. The molecule has 0 unspecified atom stereocenters. The van der Waals surface area contributed by atoms with Crippen molar-refractivity contribution in [2.24, 2.45) is 0 Å². The molecule has 1 aliphatic rings. The van der Waals surface area contributed by atoms with Crippen LogP contribution in [0.5, 0.6) is 0 Å². The average molecular weight is 296 g/mol. The number of nitrogens with zero attached hydrogens (tertiary/aromatic N) is 3. The minimum atomic E-state index is 0.863. The molecule has 5 heteroatoms. The molecule has 0 fully saturated rings. The maximum atomic E-state index is 4.75. The number of nitrogens with one attached hydrogen (secondary N) is 1. The summed E-state index contributed by atoms with van der Waals surface area (Å²) < 4.78 is 0. The fourth-order valence-corrected chi connectivity index (χ4v) is 3.41. The van der Waals surface area contributed by atoms with Gasteiger partial charge in [-0.3, -0.25) is 4.90 Å². The summed E-state index contributed by atoms with van der Waals surface area (Å²) in [6, 6.07) is 8.29. The highest BCUT2D eigenvalue weighted by Crippen LogP contribution is 2.24. The van der Waals surface area contributed by atoms with Gasteiger partial charge in [-0.1, -0.05) is 6.07 Å². The molecule has 0 saturated carbocycles. The molecule has 0 amide bonds. The predicted octanol–water partition coefficient (Wildman–Crippen LogP) is 3.09. The largest absolute Gasteiger partial charge is 0.364 e. The number of hydrogen-bond acceptors (Lipinski definition) is 4. The lowest BCUT2D eigenvalue weighted by Crippen LogP contribution is -2.31. The number of aromatic nitrogens is 3. The van der Waals surface area contributed by atoms with Crippen molar-refractivity contribution < 1.29 is 0 Å². The molecule has 4 rings (SSSR count). The molecule has 3 aromatic rings. The van der Waals surface area contributed by atoms with Crippen molar-refractivity contribution in [3.8, 4) is 10.7 Å². The summed E-state index contributed by atoms with van der Waals surface area (Å²) in [7, 11) is 0. The van der Waals surface area contributed by atoms with E-state index < -0.39 is 0 Å². The first-order chi connectivity index (χ1) is 10.4. The highest BCUT2D eigenvalue weighted by atomic mass is 32.1. The van der Waals surface area contributed by atoms with Crippen molar-refractivity contribution in [2.75, 3.05) is 6.54 Å². The molecule has 106 valence electrons. The molecule has 0 radical (unpaired) electrons. The number of fused-ring (bicyclic) bond motifs is 1. The second kappa shape index (κ2) is 5.42. The SMILES string of the molecule is c1c[nH]c(CN2CCc3nc(-c4cccs4)ncc3C2)c1. The zero-order chi connectivity index (χ0) is 14.1. The molecule has 0 atom stereocenters. The molecule has 3 aromatic heterocycles. The Hall–Kier alpha value is -1.98. The summed E-state index contributed by atoms with van der Waals surface area (Å²) in [6.45, 7) is 2.94. The van der Waals surface area contributed by atoms with Crippen molar-refractivity contribution >= 4 is 11.3 Å². The lowest BCUT2D eigenvalue weighted by molar-refractivity contribution is 0.240.